The molecule has 0 saturated carbocycles. The molecule has 3 aromatic carbocycles. The maximum Gasteiger partial charge on any atom is 0.220 e. The molecule has 24 heavy (non-hydrogen) atoms. The molecule has 0 aliphatic heterocycles. The number of pyridine rings is 1. The summed E-state index contributed by atoms with van der Waals surface area (Å²) in [6.07, 6.45) is 0. The van der Waals surface area contributed by atoms with Crippen molar-refractivity contribution >= 4 is 10.9 Å². The van der Waals surface area contributed by atoms with Gasteiger partial charge in [0.2, 0.25) is 5.88 Å². The first kappa shape index (κ1) is 14.5. The van der Waals surface area contributed by atoms with E-state index in [-0.39, 0.29) is 0 Å². The Labute approximate surface area is 141 Å². The molecular formula is C22H17NO. The zero-order chi connectivity index (χ0) is 16.4. The van der Waals surface area contributed by atoms with Gasteiger partial charge in [0.15, 0.2) is 0 Å². The molecule has 116 valence electrons. The second kappa shape index (κ2) is 6.17. The van der Waals surface area contributed by atoms with Crippen molar-refractivity contribution in [2.45, 2.75) is 6.92 Å². The normalized spacial score (nSPS) is 10.7. The van der Waals surface area contributed by atoms with Gasteiger partial charge in [0.25, 0.3) is 0 Å². The lowest BCUT2D eigenvalue weighted by Gasteiger charge is -2.09. The Kier molecular flexibility index (Phi) is 3.72. The Morgan fingerprint density at radius 2 is 1.38 bits per heavy atom. The van der Waals surface area contributed by atoms with Crippen molar-refractivity contribution in [2.75, 3.05) is 0 Å². The lowest BCUT2D eigenvalue weighted by molar-refractivity contribution is 0.465. The predicted octanol–water partition coefficient (Wildman–Crippen LogP) is 6.00. The molecule has 0 saturated heterocycles. The number of benzene rings is 3. The van der Waals surface area contributed by atoms with Crippen LogP contribution in [0.4, 0.5) is 0 Å². The van der Waals surface area contributed by atoms with Gasteiger partial charge < -0.3 is 4.74 Å². The molecule has 1 heterocycles. The van der Waals surface area contributed by atoms with E-state index >= 15 is 0 Å². The molecule has 4 aromatic rings. The van der Waals surface area contributed by atoms with Crippen molar-refractivity contribution in [1.29, 1.82) is 0 Å². The van der Waals surface area contributed by atoms with Crippen molar-refractivity contribution < 1.29 is 4.74 Å². The summed E-state index contributed by atoms with van der Waals surface area (Å²) >= 11 is 0. The molecule has 2 heteroatoms. The molecule has 2 nitrogen and oxygen atoms in total. The Morgan fingerprint density at radius 3 is 2.17 bits per heavy atom. The number of hydrogen-bond acceptors (Lipinski definition) is 2. The van der Waals surface area contributed by atoms with Gasteiger partial charge in [-0.05, 0) is 41.8 Å². The molecular weight excluding hydrogens is 294 g/mol. The number of aromatic nitrogens is 1. The second-order valence-electron chi connectivity index (χ2n) is 5.79. The smallest absolute Gasteiger partial charge is 0.220 e. The average molecular weight is 311 g/mol. The summed E-state index contributed by atoms with van der Waals surface area (Å²) < 4.78 is 5.95. The highest BCUT2D eigenvalue weighted by Gasteiger charge is 2.05. The van der Waals surface area contributed by atoms with Crippen molar-refractivity contribution in [3.05, 3.63) is 90.5 Å². The van der Waals surface area contributed by atoms with E-state index in [4.69, 9.17) is 4.74 Å². The fraction of sp³-hybridized carbons (Fsp3) is 0.0455. The van der Waals surface area contributed by atoms with Crippen molar-refractivity contribution in [1.82, 2.24) is 4.98 Å². The minimum atomic E-state index is 0.624. The summed E-state index contributed by atoms with van der Waals surface area (Å²) in [6, 6.07) is 28.5. The molecule has 0 aliphatic carbocycles. The maximum absolute atomic E-state index is 5.95. The zero-order valence-corrected chi connectivity index (χ0v) is 13.4. The lowest BCUT2D eigenvalue weighted by atomic mass is 10.1. The van der Waals surface area contributed by atoms with Crippen LogP contribution in [-0.2, 0) is 0 Å². The van der Waals surface area contributed by atoms with Gasteiger partial charge in [-0.1, -0.05) is 60.7 Å². The molecule has 0 atom stereocenters. The number of aryl methyl sites for hydroxylation is 1. The molecule has 1 aromatic heterocycles. The minimum absolute atomic E-state index is 0.624. The summed E-state index contributed by atoms with van der Waals surface area (Å²) in [7, 11) is 0. The first-order valence-electron chi connectivity index (χ1n) is 7.99. The molecule has 0 fully saturated rings. The molecule has 0 spiro atoms. The van der Waals surface area contributed by atoms with Crippen LogP contribution in [0.15, 0.2) is 84.9 Å². The van der Waals surface area contributed by atoms with Gasteiger partial charge in [-0.15, -0.1) is 0 Å². The fourth-order valence-corrected chi connectivity index (χ4v) is 2.84. The van der Waals surface area contributed by atoms with Crippen LogP contribution in [0.1, 0.15) is 5.56 Å². The topological polar surface area (TPSA) is 22.1 Å². The van der Waals surface area contributed by atoms with Gasteiger partial charge in [-0.2, -0.15) is 0 Å². The van der Waals surface area contributed by atoms with E-state index in [2.05, 4.69) is 42.2 Å². The number of ether oxygens (including phenoxy) is 1. The highest BCUT2D eigenvalue weighted by atomic mass is 16.5. The third-order valence-corrected chi connectivity index (χ3v) is 4.08. The van der Waals surface area contributed by atoms with Crippen LogP contribution in [0.2, 0.25) is 0 Å². The highest BCUT2D eigenvalue weighted by Crippen LogP contribution is 2.27. The molecule has 0 aliphatic rings. The third-order valence-electron chi connectivity index (χ3n) is 4.08. The van der Waals surface area contributed by atoms with Gasteiger partial charge in [-0.3, -0.25) is 0 Å². The van der Waals surface area contributed by atoms with Crippen LogP contribution in [0.5, 0.6) is 11.6 Å². The first-order valence-corrected chi connectivity index (χ1v) is 7.99. The summed E-state index contributed by atoms with van der Waals surface area (Å²) in [5.74, 6) is 1.41. The Balaban J connectivity index is 1.62. The zero-order valence-electron chi connectivity index (χ0n) is 13.4. The number of fused-ring (bicyclic) bond motifs is 1. The summed E-state index contributed by atoms with van der Waals surface area (Å²) in [6.45, 7) is 2.08. The van der Waals surface area contributed by atoms with Crippen LogP contribution >= 0.6 is 0 Å². The minimum Gasteiger partial charge on any atom is -0.439 e. The van der Waals surface area contributed by atoms with E-state index in [1.165, 1.54) is 11.1 Å². The Morgan fingerprint density at radius 1 is 0.708 bits per heavy atom. The first-order chi connectivity index (χ1) is 11.8. The fourth-order valence-electron chi connectivity index (χ4n) is 2.84. The van der Waals surface area contributed by atoms with Gasteiger partial charge in [0.1, 0.15) is 5.75 Å². The van der Waals surface area contributed by atoms with Gasteiger partial charge >= 0.3 is 0 Å². The van der Waals surface area contributed by atoms with Crippen molar-refractivity contribution in [3.8, 4) is 22.8 Å². The summed E-state index contributed by atoms with van der Waals surface area (Å²) in [5, 5.41) is 1.16. The van der Waals surface area contributed by atoms with Gasteiger partial charge in [0, 0.05) is 11.5 Å². The quantitative estimate of drug-likeness (QED) is 0.463. The van der Waals surface area contributed by atoms with Gasteiger partial charge in [0.05, 0.1) is 5.52 Å². The second-order valence-corrected chi connectivity index (χ2v) is 5.79. The monoisotopic (exact) mass is 311 g/mol. The van der Waals surface area contributed by atoms with Crippen molar-refractivity contribution in [3.63, 3.8) is 0 Å². The maximum atomic E-state index is 5.95. The molecule has 0 amide bonds. The van der Waals surface area contributed by atoms with Crippen LogP contribution in [0, 0.1) is 6.92 Å². The average Bonchev–Trinajstić information content (AvgIpc) is 2.63. The molecule has 0 unspecified atom stereocenters. The van der Waals surface area contributed by atoms with Crippen LogP contribution in [-0.4, -0.2) is 4.98 Å². The van der Waals surface area contributed by atoms with Crippen LogP contribution < -0.4 is 4.74 Å². The van der Waals surface area contributed by atoms with Gasteiger partial charge in [-0.25, -0.2) is 4.98 Å². The summed E-state index contributed by atoms with van der Waals surface area (Å²) in [5.41, 5.74) is 4.49. The van der Waals surface area contributed by atoms with E-state index in [0.29, 0.717) is 5.88 Å². The largest absolute Gasteiger partial charge is 0.439 e. The molecule has 0 N–H and O–H groups in total. The van der Waals surface area contributed by atoms with E-state index in [0.717, 1.165) is 22.2 Å². The number of nitrogens with zero attached hydrogens (tertiary/aromatic N) is 1. The predicted molar refractivity (Wildman–Crippen MR) is 98.4 cm³/mol. The SMILES string of the molecule is Cc1cc(Oc2ccc(-c3ccccc3)cc2)nc2ccccc12. The Bertz CT molecular complexity index is 976. The number of para-hydroxylation sites is 1. The number of hydrogen-bond donors (Lipinski definition) is 0. The molecule has 0 bridgehead atoms. The van der Waals surface area contributed by atoms with Crippen molar-refractivity contribution in [2.24, 2.45) is 0 Å². The third kappa shape index (κ3) is 2.86. The highest BCUT2D eigenvalue weighted by molar-refractivity contribution is 5.82. The van der Waals surface area contributed by atoms with E-state index in [9.17, 15) is 0 Å². The van der Waals surface area contributed by atoms with E-state index in [1.54, 1.807) is 0 Å². The lowest BCUT2D eigenvalue weighted by Crippen LogP contribution is -1.91. The molecule has 0 radical (unpaired) electrons. The van der Waals surface area contributed by atoms with E-state index in [1.807, 2.05) is 54.6 Å². The summed E-state index contributed by atoms with van der Waals surface area (Å²) in [4.78, 5) is 4.59. The van der Waals surface area contributed by atoms with Crippen LogP contribution in [0.3, 0.4) is 0 Å². The molecule has 4 rings (SSSR count). The number of rotatable bonds is 3. The van der Waals surface area contributed by atoms with Crippen LogP contribution in [0.25, 0.3) is 22.0 Å². The van der Waals surface area contributed by atoms with E-state index < -0.39 is 0 Å². The standard InChI is InChI=1S/C22H17NO/c1-16-15-22(23-21-10-6-5-9-20(16)21)24-19-13-11-18(12-14-19)17-7-3-2-4-8-17/h2-15H,1H3. The Hall–Kier alpha value is -3.13.